The molecule has 90 heavy (non-hydrogen) atoms. The fourth-order valence-corrected chi connectivity index (χ4v) is 12.9. The predicted octanol–water partition coefficient (Wildman–Crippen LogP) is 27.2. The van der Waals surface area contributed by atoms with E-state index in [1.54, 1.807) is 0 Å². The van der Waals surface area contributed by atoms with E-state index in [-0.39, 0.29) is 18.5 Å². The predicted molar refractivity (Wildman–Crippen MR) is 398 cm³/mol. The first kappa shape index (κ1) is 87.8. The molecule has 0 aliphatic heterocycles. The molecule has 0 radical (unpaired) electrons. The molecule has 0 aromatic carbocycles. The summed E-state index contributed by atoms with van der Waals surface area (Å²) in [6, 6.07) is -0.541. The third-order valence-electron chi connectivity index (χ3n) is 19.1. The second-order valence-electron chi connectivity index (χ2n) is 28.1. The van der Waals surface area contributed by atoms with E-state index < -0.39 is 12.1 Å². The zero-order valence-corrected chi connectivity index (χ0v) is 60.9. The maximum Gasteiger partial charge on any atom is 0.305 e. The van der Waals surface area contributed by atoms with Gasteiger partial charge in [0.15, 0.2) is 0 Å². The number of aliphatic hydroxyl groups excluding tert-OH is 2. The third kappa shape index (κ3) is 74.9. The van der Waals surface area contributed by atoms with Crippen molar-refractivity contribution >= 4 is 11.9 Å². The van der Waals surface area contributed by atoms with Gasteiger partial charge in [-0.2, -0.15) is 0 Å². The first-order chi connectivity index (χ1) is 44.5. The van der Waals surface area contributed by atoms with E-state index in [4.69, 9.17) is 4.74 Å². The van der Waals surface area contributed by atoms with Crippen LogP contribution in [0.25, 0.3) is 0 Å². The SMILES string of the molecule is CCC/C=C\C/C=C\CCCCCCCC(=O)OCCCCCCCCCCCCCCCCC/C=C\C/C=C\CCCCCCCCCCCCCCCCCCCC(=O)NC(CO)C(O)CCCCCCCCCCCCCCCCCCCCCCC. The lowest BCUT2D eigenvalue weighted by Gasteiger charge is -2.22. The lowest BCUT2D eigenvalue weighted by atomic mass is 10.0. The molecule has 0 saturated heterocycles. The first-order valence-corrected chi connectivity index (χ1v) is 40.9. The van der Waals surface area contributed by atoms with Gasteiger partial charge in [-0.1, -0.05) is 403 Å². The lowest BCUT2D eigenvalue weighted by Crippen LogP contribution is -2.45. The van der Waals surface area contributed by atoms with Crippen molar-refractivity contribution in [2.75, 3.05) is 13.2 Å². The van der Waals surface area contributed by atoms with Crippen LogP contribution in [0.5, 0.6) is 0 Å². The highest BCUT2D eigenvalue weighted by Crippen LogP contribution is 2.20. The third-order valence-corrected chi connectivity index (χ3v) is 19.1. The molecule has 3 N–H and O–H groups in total. The monoisotopic (exact) mass is 1260 g/mol. The Balaban J connectivity index is 3.36. The van der Waals surface area contributed by atoms with E-state index in [2.05, 4.69) is 67.8 Å². The van der Waals surface area contributed by atoms with Gasteiger partial charge in [0.2, 0.25) is 5.91 Å². The highest BCUT2D eigenvalue weighted by atomic mass is 16.5. The first-order valence-electron chi connectivity index (χ1n) is 40.9. The van der Waals surface area contributed by atoms with Gasteiger partial charge in [-0.25, -0.2) is 0 Å². The minimum atomic E-state index is -0.664. The maximum absolute atomic E-state index is 12.6. The van der Waals surface area contributed by atoms with Gasteiger partial charge in [-0.15, -0.1) is 0 Å². The lowest BCUT2D eigenvalue weighted by molar-refractivity contribution is -0.143. The Labute approximate surface area is 563 Å². The fraction of sp³-hybridized carbons (Fsp3) is 0.881. The Morgan fingerprint density at radius 2 is 0.578 bits per heavy atom. The molecule has 2 unspecified atom stereocenters. The van der Waals surface area contributed by atoms with Crippen molar-refractivity contribution in [3.63, 3.8) is 0 Å². The van der Waals surface area contributed by atoms with Crippen LogP contribution in [-0.2, 0) is 14.3 Å². The van der Waals surface area contributed by atoms with E-state index in [9.17, 15) is 19.8 Å². The molecule has 0 aliphatic carbocycles. The minimum Gasteiger partial charge on any atom is -0.466 e. The number of esters is 1. The van der Waals surface area contributed by atoms with E-state index in [0.29, 0.717) is 25.9 Å². The van der Waals surface area contributed by atoms with Crippen LogP contribution < -0.4 is 5.32 Å². The number of carbonyl (C=O) groups is 2. The highest BCUT2D eigenvalue weighted by molar-refractivity contribution is 5.76. The number of amides is 1. The number of carbonyl (C=O) groups excluding carboxylic acids is 2. The van der Waals surface area contributed by atoms with E-state index >= 15 is 0 Å². The zero-order valence-electron chi connectivity index (χ0n) is 60.9. The largest absolute Gasteiger partial charge is 0.466 e. The fourth-order valence-electron chi connectivity index (χ4n) is 12.9. The number of rotatable bonds is 77. The number of ether oxygens (including phenoxy) is 1. The van der Waals surface area contributed by atoms with Crippen molar-refractivity contribution in [3.8, 4) is 0 Å². The maximum atomic E-state index is 12.6. The number of allylic oxidation sites excluding steroid dienone is 8. The van der Waals surface area contributed by atoms with E-state index in [0.717, 1.165) is 57.8 Å². The second-order valence-corrected chi connectivity index (χ2v) is 28.1. The summed E-state index contributed by atoms with van der Waals surface area (Å²) in [7, 11) is 0. The summed E-state index contributed by atoms with van der Waals surface area (Å²) < 4.78 is 5.48. The molecule has 0 aromatic heterocycles. The normalized spacial score (nSPS) is 12.7. The molecule has 2 atom stereocenters. The van der Waals surface area contributed by atoms with Crippen LogP contribution in [0, 0.1) is 0 Å². The summed E-state index contributed by atoms with van der Waals surface area (Å²) in [5, 5.41) is 23.5. The molecule has 0 bridgehead atoms. The van der Waals surface area contributed by atoms with Gasteiger partial charge >= 0.3 is 5.97 Å². The number of hydrogen-bond acceptors (Lipinski definition) is 5. The molecule has 0 aliphatic rings. The highest BCUT2D eigenvalue weighted by Gasteiger charge is 2.20. The summed E-state index contributed by atoms with van der Waals surface area (Å²) in [6.07, 6.45) is 105. The average molecular weight is 1260 g/mol. The van der Waals surface area contributed by atoms with Gasteiger partial charge in [0.1, 0.15) is 0 Å². The van der Waals surface area contributed by atoms with Gasteiger partial charge in [0.05, 0.1) is 25.4 Å². The van der Waals surface area contributed by atoms with Crippen LogP contribution >= 0.6 is 0 Å². The molecule has 530 valence electrons. The quantitative estimate of drug-likeness (QED) is 0.0320. The zero-order chi connectivity index (χ0) is 64.9. The van der Waals surface area contributed by atoms with Crippen molar-refractivity contribution in [3.05, 3.63) is 48.6 Å². The topological polar surface area (TPSA) is 95.9 Å². The van der Waals surface area contributed by atoms with E-state index in [1.807, 2.05) is 0 Å². The molecule has 1 amide bonds. The number of hydrogen-bond donors (Lipinski definition) is 3. The van der Waals surface area contributed by atoms with Gasteiger partial charge < -0.3 is 20.3 Å². The van der Waals surface area contributed by atoms with Crippen molar-refractivity contribution in [2.24, 2.45) is 0 Å². The molecule has 0 aromatic rings. The van der Waals surface area contributed by atoms with Crippen LogP contribution in [-0.4, -0.2) is 47.4 Å². The van der Waals surface area contributed by atoms with Crippen LogP contribution in [0.2, 0.25) is 0 Å². The molecule has 0 saturated carbocycles. The second kappa shape index (κ2) is 79.3. The van der Waals surface area contributed by atoms with Crippen LogP contribution in [0.3, 0.4) is 0 Å². The van der Waals surface area contributed by atoms with Crippen LogP contribution in [0.1, 0.15) is 450 Å². The molecule has 0 heterocycles. The number of nitrogens with one attached hydrogen (secondary N) is 1. The summed E-state index contributed by atoms with van der Waals surface area (Å²) in [5.41, 5.74) is 0. The van der Waals surface area contributed by atoms with Crippen molar-refractivity contribution in [1.82, 2.24) is 5.32 Å². The Bertz CT molecular complexity index is 1500. The Morgan fingerprint density at radius 1 is 0.311 bits per heavy atom. The molecule has 0 spiro atoms. The molecule has 0 fully saturated rings. The van der Waals surface area contributed by atoms with Crippen molar-refractivity contribution in [1.29, 1.82) is 0 Å². The summed E-state index contributed by atoms with van der Waals surface area (Å²) >= 11 is 0. The Kier molecular flexibility index (Phi) is 77.3. The van der Waals surface area contributed by atoms with Crippen LogP contribution in [0.4, 0.5) is 0 Å². The molecular formula is C84H159NO5. The number of unbranched alkanes of at least 4 members (excludes halogenated alkanes) is 58. The standard InChI is InChI=1S/C84H159NO5/c1-3-5-7-9-11-13-15-17-18-19-20-40-43-46-49-53-56-60-64-68-72-76-82(87)81(80-86)85-83(88)77-73-69-65-61-57-54-50-47-44-41-38-36-34-32-30-28-26-24-22-21-23-25-27-29-31-33-35-37-39-42-45-48-51-55-59-63-67-71-75-79-90-84(89)78-74-70-66-62-58-52-16-14-12-10-8-6-4-2/h8,10,14,16,21-22,25,27,81-82,86-87H,3-7,9,11-13,15,17-20,23-24,26,28-80H2,1-2H3,(H,85,88)/b10-8-,16-14-,22-21-,27-25-. The van der Waals surface area contributed by atoms with Gasteiger partial charge in [-0.3, -0.25) is 9.59 Å². The molecular weight excluding hydrogens is 1100 g/mol. The summed E-state index contributed by atoms with van der Waals surface area (Å²) in [4.78, 5) is 24.6. The molecule has 6 heteroatoms. The van der Waals surface area contributed by atoms with E-state index in [1.165, 1.54) is 360 Å². The van der Waals surface area contributed by atoms with Crippen molar-refractivity contribution < 1.29 is 24.5 Å². The summed E-state index contributed by atoms with van der Waals surface area (Å²) in [5.74, 6) is -0.0218. The molecule has 0 rings (SSSR count). The van der Waals surface area contributed by atoms with Crippen LogP contribution in [0.15, 0.2) is 48.6 Å². The Hall–Kier alpha value is -2.18. The Morgan fingerprint density at radius 3 is 0.889 bits per heavy atom. The minimum absolute atomic E-state index is 0.00525. The number of aliphatic hydroxyl groups is 2. The van der Waals surface area contributed by atoms with Gasteiger partial charge in [0, 0.05) is 12.8 Å². The van der Waals surface area contributed by atoms with Crippen molar-refractivity contribution in [2.45, 2.75) is 463 Å². The average Bonchev–Trinajstić information content (AvgIpc) is 3.70. The summed E-state index contributed by atoms with van der Waals surface area (Å²) in [6.45, 7) is 4.93. The van der Waals surface area contributed by atoms with Gasteiger partial charge in [-0.05, 0) is 83.5 Å². The molecule has 6 nitrogen and oxygen atoms in total. The van der Waals surface area contributed by atoms with Gasteiger partial charge in [0.25, 0.3) is 0 Å². The smallest absolute Gasteiger partial charge is 0.305 e.